The first-order valence-electron chi connectivity index (χ1n) is 24.7. The van der Waals surface area contributed by atoms with Crippen LogP contribution in [0.25, 0.3) is 93.6 Å². The monoisotopic (exact) mass is 880 g/mol. The number of fused-ring (bicyclic) bond motifs is 20. The molecule has 2 aliphatic heterocycles. The lowest BCUT2D eigenvalue weighted by atomic mass is 9.43. The van der Waals surface area contributed by atoms with Gasteiger partial charge < -0.3 is 18.2 Å². The van der Waals surface area contributed by atoms with Gasteiger partial charge in [-0.2, -0.15) is 0 Å². The van der Waals surface area contributed by atoms with E-state index >= 15 is 0 Å². The van der Waals surface area contributed by atoms with E-state index in [4.69, 9.17) is 8.83 Å². The lowest BCUT2D eigenvalue weighted by molar-refractivity contribution is 0.332. The smallest absolute Gasteiger partial charge is 0.333 e. The van der Waals surface area contributed by atoms with Crippen LogP contribution in [0.4, 0.5) is 11.4 Å². The van der Waals surface area contributed by atoms with Crippen LogP contribution >= 0.6 is 0 Å². The number of hydrogen-bond acceptors (Lipinski definition) is 3. The number of para-hydroxylation sites is 2. The van der Waals surface area contributed by atoms with Gasteiger partial charge in [0.25, 0.3) is 0 Å². The maximum atomic E-state index is 7.36. The van der Waals surface area contributed by atoms with Crippen molar-refractivity contribution in [3.05, 3.63) is 161 Å². The molecule has 0 atom stereocenters. The second kappa shape index (κ2) is 12.4. The highest BCUT2D eigenvalue weighted by Gasteiger charge is 2.49. The number of furan rings is 2. The summed E-state index contributed by atoms with van der Waals surface area (Å²) in [5.41, 5.74) is 24.4. The molecule has 15 rings (SSSR count). The molecule has 0 unspecified atom stereocenters. The number of aromatic nitrogens is 1. The first-order chi connectivity index (χ1) is 32.6. The van der Waals surface area contributed by atoms with E-state index in [1.807, 2.05) is 0 Å². The third-order valence-corrected chi connectivity index (χ3v) is 17.4. The quantitative estimate of drug-likeness (QED) is 0.154. The summed E-state index contributed by atoms with van der Waals surface area (Å²) in [6.07, 6.45) is 2.29. The van der Waals surface area contributed by atoms with Gasteiger partial charge in [-0.3, -0.25) is 0 Å². The highest BCUT2D eigenvalue weighted by molar-refractivity contribution is 6.94. The summed E-state index contributed by atoms with van der Waals surface area (Å²) in [6, 6.07) is 51.0. The van der Waals surface area contributed by atoms with Crippen molar-refractivity contribution in [3.8, 4) is 27.9 Å². The Morgan fingerprint density at radius 1 is 0.529 bits per heavy atom. The van der Waals surface area contributed by atoms with Gasteiger partial charge in [-0.05, 0) is 133 Å². The molecule has 4 aliphatic rings. The maximum Gasteiger partial charge on any atom is 0.333 e. The van der Waals surface area contributed by atoms with Crippen molar-refractivity contribution < 1.29 is 8.83 Å². The largest absolute Gasteiger partial charge is 0.456 e. The van der Waals surface area contributed by atoms with Crippen LogP contribution in [-0.2, 0) is 21.7 Å². The lowest BCUT2D eigenvalue weighted by Crippen LogP contribution is -2.60. The van der Waals surface area contributed by atoms with Gasteiger partial charge in [-0.25, -0.2) is 0 Å². The van der Waals surface area contributed by atoms with Crippen molar-refractivity contribution in [1.82, 2.24) is 4.57 Å². The number of hydrogen-bond donors (Lipinski definition) is 0. The molecule has 8 aromatic carbocycles. The molecule has 5 heteroatoms. The van der Waals surface area contributed by atoms with Crippen LogP contribution in [0.2, 0.25) is 0 Å². The van der Waals surface area contributed by atoms with Gasteiger partial charge in [0.05, 0.1) is 16.4 Å². The molecule has 0 saturated carbocycles. The second-order valence-corrected chi connectivity index (χ2v) is 23.5. The maximum absolute atomic E-state index is 7.36. The summed E-state index contributed by atoms with van der Waals surface area (Å²) in [4.78, 5) is 2.71. The molecule has 5 heterocycles. The Bertz CT molecular complexity index is 4110. The van der Waals surface area contributed by atoms with Crippen molar-refractivity contribution in [2.75, 3.05) is 4.81 Å². The van der Waals surface area contributed by atoms with Crippen molar-refractivity contribution in [2.24, 2.45) is 0 Å². The molecule has 0 bridgehead atoms. The third-order valence-electron chi connectivity index (χ3n) is 17.4. The van der Waals surface area contributed by atoms with Crippen LogP contribution < -0.4 is 15.7 Å². The van der Waals surface area contributed by atoms with E-state index < -0.39 is 0 Å². The van der Waals surface area contributed by atoms with Crippen molar-refractivity contribution in [2.45, 2.75) is 96.8 Å². The molecule has 0 saturated heterocycles. The average molecular weight is 881 g/mol. The minimum Gasteiger partial charge on any atom is -0.456 e. The van der Waals surface area contributed by atoms with Gasteiger partial charge >= 0.3 is 6.85 Å². The summed E-state index contributed by atoms with van der Waals surface area (Å²) in [7, 11) is 0. The van der Waals surface area contributed by atoms with Gasteiger partial charge in [0.2, 0.25) is 0 Å². The van der Waals surface area contributed by atoms with E-state index in [1.165, 1.54) is 99.6 Å². The SMILES string of the molecule is CC(C)(C)c1ccc(N2B3c4cc5c(cc4-n4c6cc7c(cc6c6c8oc9ccccc9c8c(c3c64)-c3cc4c(cc32)C(C)(C)c2ccccc2-4)C(C)(C)CCC7(C)C)oc2ccccc25)cc1. The van der Waals surface area contributed by atoms with Crippen LogP contribution in [0.3, 0.4) is 0 Å². The third kappa shape index (κ3) is 4.73. The molecular formula is C63H53BN2O2. The number of anilines is 2. The number of nitrogens with zero attached hydrogens (tertiary/aromatic N) is 2. The zero-order chi connectivity index (χ0) is 46.1. The predicted octanol–water partition coefficient (Wildman–Crippen LogP) is 15.8. The summed E-state index contributed by atoms with van der Waals surface area (Å²) in [5, 5.41) is 7.11. The lowest BCUT2D eigenvalue weighted by Gasteiger charge is -2.43. The average Bonchev–Trinajstić information content (AvgIpc) is 4.05. The number of rotatable bonds is 1. The van der Waals surface area contributed by atoms with Crippen molar-refractivity contribution in [3.63, 3.8) is 0 Å². The first-order valence-corrected chi connectivity index (χ1v) is 24.7. The minimum atomic E-state index is -0.190. The summed E-state index contributed by atoms with van der Waals surface area (Å²) >= 11 is 0. The number of benzene rings is 8. The highest BCUT2D eigenvalue weighted by Crippen LogP contribution is 2.57. The summed E-state index contributed by atoms with van der Waals surface area (Å²) < 4.78 is 16.8. The Labute approximate surface area is 397 Å². The van der Waals surface area contributed by atoms with Gasteiger partial charge in [-0.15, -0.1) is 0 Å². The fraction of sp³-hybridized carbons (Fsp3) is 0.238. The molecule has 4 nitrogen and oxygen atoms in total. The molecule has 0 radical (unpaired) electrons. The Balaban J connectivity index is 1.20. The topological polar surface area (TPSA) is 34.5 Å². The van der Waals surface area contributed by atoms with Crippen molar-refractivity contribution in [1.29, 1.82) is 0 Å². The van der Waals surface area contributed by atoms with Gasteiger partial charge in [-0.1, -0.05) is 141 Å². The van der Waals surface area contributed by atoms with E-state index in [-0.39, 0.29) is 28.5 Å². The fourth-order valence-electron chi connectivity index (χ4n) is 13.7. The molecule has 68 heavy (non-hydrogen) atoms. The molecule has 0 spiro atoms. The molecule has 2 aliphatic carbocycles. The second-order valence-electron chi connectivity index (χ2n) is 23.5. The molecular weight excluding hydrogens is 828 g/mol. The van der Waals surface area contributed by atoms with Gasteiger partial charge in [0.1, 0.15) is 22.3 Å². The highest BCUT2D eigenvalue weighted by atomic mass is 16.3. The summed E-state index contributed by atoms with van der Waals surface area (Å²) in [6.45, 7) is 21.4. The van der Waals surface area contributed by atoms with Gasteiger partial charge in [0, 0.05) is 61.0 Å². The van der Waals surface area contributed by atoms with Crippen LogP contribution in [0, 0.1) is 0 Å². The van der Waals surface area contributed by atoms with E-state index in [0.29, 0.717) is 0 Å². The zero-order valence-electron chi connectivity index (χ0n) is 40.4. The van der Waals surface area contributed by atoms with Crippen molar-refractivity contribution >= 4 is 94.8 Å². The Morgan fingerprint density at radius 3 is 1.96 bits per heavy atom. The van der Waals surface area contributed by atoms with E-state index in [0.717, 1.165) is 57.0 Å². The minimum absolute atomic E-state index is 0.0102. The van der Waals surface area contributed by atoms with Crippen LogP contribution in [0.15, 0.2) is 142 Å². The van der Waals surface area contributed by atoms with E-state index in [9.17, 15) is 0 Å². The molecule has 11 aromatic rings. The van der Waals surface area contributed by atoms with Crippen LogP contribution in [0.5, 0.6) is 0 Å². The van der Waals surface area contributed by atoms with Gasteiger partial charge in [0.15, 0.2) is 0 Å². The fourth-order valence-corrected chi connectivity index (χ4v) is 13.7. The Hall–Kier alpha value is -6.98. The standard InChI is InChI=1S/C63H53BN2O2/c1-60(2,3)34-22-24-35(25-23-34)66-49-31-44-39(36-16-10-13-19-43(36)63(44,8)9)28-41(49)54-55-38-18-12-15-21-52(38)68-59(55)56-42-29-45-46(62(6,7)27-26-61(45,4)5)32-48(42)65-50-33-53-40(37-17-11-14-20-51(37)67-53)30-47(50)64(66)57(54)58(56)65/h10-25,28-33H,26-27H2,1-9H3. The molecule has 330 valence electrons. The molecule has 3 aromatic heterocycles. The molecule has 0 fully saturated rings. The van der Waals surface area contributed by atoms with E-state index in [1.54, 1.807) is 0 Å². The summed E-state index contributed by atoms with van der Waals surface area (Å²) in [5.74, 6) is 0. The zero-order valence-corrected chi connectivity index (χ0v) is 40.4. The van der Waals surface area contributed by atoms with Crippen LogP contribution in [0.1, 0.15) is 103 Å². The van der Waals surface area contributed by atoms with E-state index in [2.05, 4.69) is 205 Å². The predicted molar refractivity (Wildman–Crippen MR) is 286 cm³/mol. The molecule has 0 N–H and O–H groups in total. The Kier molecular flexibility index (Phi) is 7.11. The molecule has 0 amide bonds. The Morgan fingerprint density at radius 2 is 1.21 bits per heavy atom. The first kappa shape index (κ1) is 39.1. The van der Waals surface area contributed by atoms with Crippen LogP contribution in [-0.4, -0.2) is 11.4 Å². The normalized spacial score (nSPS) is 17.1.